The monoisotopic (exact) mass is 347 g/mol. The molecule has 106 valence electrons. The zero-order valence-electron chi connectivity index (χ0n) is 11.4. The van der Waals surface area contributed by atoms with Gasteiger partial charge in [0.1, 0.15) is 4.99 Å². The molecule has 1 rings (SSSR count). The van der Waals surface area contributed by atoms with Gasteiger partial charge < -0.3 is 15.5 Å². The second-order valence-electron chi connectivity index (χ2n) is 4.70. The summed E-state index contributed by atoms with van der Waals surface area (Å²) in [5.74, 6) is -0.322. The van der Waals surface area contributed by atoms with Crippen molar-refractivity contribution in [3.63, 3.8) is 0 Å². The third-order valence-electron chi connectivity index (χ3n) is 2.84. The van der Waals surface area contributed by atoms with E-state index in [1.54, 1.807) is 12.1 Å². The minimum Gasteiger partial charge on any atom is -0.389 e. The van der Waals surface area contributed by atoms with E-state index >= 15 is 0 Å². The van der Waals surface area contributed by atoms with Crippen molar-refractivity contribution in [2.45, 2.75) is 6.42 Å². The van der Waals surface area contributed by atoms with Gasteiger partial charge in [-0.3, -0.25) is 0 Å². The maximum Gasteiger partial charge on any atom is 0.161 e. The van der Waals surface area contributed by atoms with Gasteiger partial charge in [-0.05, 0) is 55.1 Å². The fourth-order valence-corrected chi connectivity index (χ4v) is 2.62. The van der Waals surface area contributed by atoms with Crippen LogP contribution in [0.5, 0.6) is 0 Å². The topological polar surface area (TPSA) is 32.5 Å². The summed E-state index contributed by atoms with van der Waals surface area (Å²) in [6.07, 6.45) is 0.970. The van der Waals surface area contributed by atoms with E-state index in [9.17, 15) is 4.39 Å². The Morgan fingerprint density at radius 2 is 1.95 bits per heavy atom. The second kappa shape index (κ2) is 7.17. The molecule has 0 fully saturated rings. The molecule has 0 saturated carbocycles. The van der Waals surface area contributed by atoms with Crippen molar-refractivity contribution >= 4 is 38.8 Å². The van der Waals surface area contributed by atoms with Crippen molar-refractivity contribution in [2.75, 3.05) is 39.1 Å². The molecule has 3 nitrogen and oxygen atoms in total. The molecule has 19 heavy (non-hydrogen) atoms. The molecule has 0 unspecified atom stereocenters. The highest BCUT2D eigenvalue weighted by Crippen LogP contribution is 2.29. The first kappa shape index (κ1) is 16.3. The lowest BCUT2D eigenvalue weighted by Gasteiger charge is -2.22. The number of anilines is 1. The Morgan fingerprint density at radius 3 is 2.47 bits per heavy atom. The van der Waals surface area contributed by atoms with Crippen LogP contribution >= 0.6 is 28.1 Å². The van der Waals surface area contributed by atoms with Crippen molar-refractivity contribution in [1.82, 2.24) is 4.90 Å². The number of hydrogen-bond acceptors (Lipinski definition) is 3. The van der Waals surface area contributed by atoms with E-state index in [0.29, 0.717) is 15.7 Å². The standard InChI is InChI=1S/C13H19BrFN3S/c1-17(2)7-4-8-18(3)10-6-5-9(13(16)19)11(14)12(10)15/h5-6H,4,7-8H2,1-3H3,(H2,16,19). The minimum atomic E-state index is -0.322. The highest BCUT2D eigenvalue weighted by atomic mass is 79.9. The summed E-state index contributed by atoms with van der Waals surface area (Å²) in [7, 11) is 5.92. The summed E-state index contributed by atoms with van der Waals surface area (Å²) in [6.45, 7) is 1.76. The highest BCUT2D eigenvalue weighted by molar-refractivity contribution is 9.10. The molecule has 0 aromatic heterocycles. The summed E-state index contributed by atoms with van der Waals surface area (Å²) in [6, 6.07) is 3.46. The van der Waals surface area contributed by atoms with Crippen LogP contribution in [0.25, 0.3) is 0 Å². The average Bonchev–Trinajstić information content (AvgIpc) is 2.31. The van der Waals surface area contributed by atoms with Gasteiger partial charge in [0.25, 0.3) is 0 Å². The lowest BCUT2D eigenvalue weighted by molar-refractivity contribution is 0.401. The molecule has 0 amide bonds. The van der Waals surface area contributed by atoms with E-state index < -0.39 is 0 Å². The molecule has 0 aliphatic carbocycles. The normalized spacial score (nSPS) is 10.8. The number of nitrogens with two attached hydrogens (primary N) is 1. The molecule has 1 aromatic rings. The van der Waals surface area contributed by atoms with Crippen molar-refractivity contribution in [1.29, 1.82) is 0 Å². The first-order chi connectivity index (χ1) is 8.84. The molecule has 0 heterocycles. The van der Waals surface area contributed by atoms with Crippen LogP contribution in [-0.4, -0.2) is 44.1 Å². The van der Waals surface area contributed by atoms with E-state index in [2.05, 4.69) is 20.8 Å². The summed E-state index contributed by atoms with van der Waals surface area (Å²) in [5, 5.41) is 0. The number of thiocarbonyl (C=S) groups is 1. The first-order valence-electron chi connectivity index (χ1n) is 5.98. The molecule has 0 spiro atoms. The van der Waals surface area contributed by atoms with Crippen molar-refractivity contribution in [3.05, 3.63) is 28.0 Å². The summed E-state index contributed by atoms with van der Waals surface area (Å²) in [5.41, 5.74) is 6.61. The predicted molar refractivity (Wildman–Crippen MR) is 86.4 cm³/mol. The highest BCUT2D eigenvalue weighted by Gasteiger charge is 2.15. The van der Waals surface area contributed by atoms with Crippen LogP contribution in [0.1, 0.15) is 12.0 Å². The molecule has 0 aliphatic rings. The van der Waals surface area contributed by atoms with E-state index in [4.69, 9.17) is 18.0 Å². The van der Waals surface area contributed by atoms with Crippen LogP contribution in [0.3, 0.4) is 0 Å². The minimum absolute atomic E-state index is 0.188. The Bertz CT molecular complexity index is 465. The molecule has 0 saturated heterocycles. The van der Waals surface area contributed by atoms with Gasteiger partial charge >= 0.3 is 0 Å². The van der Waals surface area contributed by atoms with Gasteiger partial charge in [-0.15, -0.1) is 0 Å². The van der Waals surface area contributed by atoms with E-state index in [0.717, 1.165) is 19.5 Å². The lowest BCUT2D eigenvalue weighted by atomic mass is 10.2. The third-order valence-corrected chi connectivity index (χ3v) is 3.83. The first-order valence-corrected chi connectivity index (χ1v) is 7.18. The molecular weight excluding hydrogens is 329 g/mol. The van der Waals surface area contributed by atoms with Gasteiger partial charge in [-0.1, -0.05) is 12.2 Å². The summed E-state index contributed by atoms with van der Waals surface area (Å²) >= 11 is 8.09. The lowest BCUT2D eigenvalue weighted by Crippen LogP contribution is -2.24. The Labute approximate surface area is 127 Å². The van der Waals surface area contributed by atoms with Crippen LogP contribution < -0.4 is 10.6 Å². The van der Waals surface area contributed by atoms with Crippen molar-refractivity contribution in [3.8, 4) is 0 Å². The van der Waals surface area contributed by atoms with E-state index in [1.165, 1.54) is 0 Å². The quantitative estimate of drug-likeness (QED) is 0.801. The van der Waals surface area contributed by atoms with Gasteiger partial charge in [-0.25, -0.2) is 4.39 Å². The second-order valence-corrected chi connectivity index (χ2v) is 5.94. The molecule has 0 bridgehead atoms. The summed E-state index contributed by atoms with van der Waals surface area (Å²) in [4.78, 5) is 4.19. The Morgan fingerprint density at radius 1 is 1.32 bits per heavy atom. The number of benzene rings is 1. The zero-order valence-corrected chi connectivity index (χ0v) is 13.8. The summed E-state index contributed by atoms with van der Waals surface area (Å²) < 4.78 is 14.6. The number of halogens is 2. The maximum atomic E-state index is 14.2. The third kappa shape index (κ3) is 4.40. The molecule has 0 radical (unpaired) electrons. The SMILES string of the molecule is CN(C)CCCN(C)c1ccc(C(N)=S)c(Br)c1F. The fourth-order valence-electron chi connectivity index (χ4n) is 1.77. The largest absolute Gasteiger partial charge is 0.389 e. The number of hydrogen-bond donors (Lipinski definition) is 1. The van der Waals surface area contributed by atoms with Gasteiger partial charge in [0.05, 0.1) is 10.2 Å². The molecule has 2 N–H and O–H groups in total. The van der Waals surface area contributed by atoms with Gasteiger partial charge in [0.15, 0.2) is 5.82 Å². The van der Waals surface area contributed by atoms with Crippen LogP contribution in [0.4, 0.5) is 10.1 Å². The van der Waals surface area contributed by atoms with Gasteiger partial charge in [0.2, 0.25) is 0 Å². The Kier molecular flexibility index (Phi) is 6.16. The van der Waals surface area contributed by atoms with E-state index in [-0.39, 0.29) is 10.8 Å². The molecule has 6 heteroatoms. The van der Waals surface area contributed by atoms with Crippen LogP contribution in [0.2, 0.25) is 0 Å². The van der Waals surface area contributed by atoms with Gasteiger partial charge in [0, 0.05) is 19.2 Å². The fraction of sp³-hybridized carbons (Fsp3) is 0.462. The smallest absolute Gasteiger partial charge is 0.161 e. The number of rotatable bonds is 6. The van der Waals surface area contributed by atoms with Crippen molar-refractivity contribution < 1.29 is 4.39 Å². The predicted octanol–water partition coefficient (Wildman–Crippen LogP) is 2.61. The average molecular weight is 348 g/mol. The van der Waals surface area contributed by atoms with E-state index in [1.807, 2.05) is 26.0 Å². The van der Waals surface area contributed by atoms with Crippen LogP contribution in [0, 0.1) is 5.82 Å². The van der Waals surface area contributed by atoms with Crippen LogP contribution in [0.15, 0.2) is 16.6 Å². The molecular formula is C13H19BrFN3S. The molecule has 1 aromatic carbocycles. The molecule has 0 atom stereocenters. The van der Waals surface area contributed by atoms with Gasteiger partial charge in [-0.2, -0.15) is 0 Å². The zero-order chi connectivity index (χ0) is 14.6. The Hall–Kier alpha value is -0.720. The van der Waals surface area contributed by atoms with Crippen LogP contribution in [-0.2, 0) is 0 Å². The van der Waals surface area contributed by atoms with Crippen molar-refractivity contribution in [2.24, 2.45) is 5.73 Å². The maximum absolute atomic E-state index is 14.2. The molecule has 0 aliphatic heterocycles. The number of nitrogens with zero attached hydrogens (tertiary/aromatic N) is 2. The Balaban J connectivity index is 2.84.